The number of carbonyl (C=O) groups is 1. The minimum absolute atomic E-state index is 0.294. The van der Waals surface area contributed by atoms with Crippen LogP contribution in [0.3, 0.4) is 0 Å². The van der Waals surface area contributed by atoms with Gasteiger partial charge in [0, 0.05) is 0 Å². The van der Waals surface area contributed by atoms with E-state index in [2.05, 4.69) is 0 Å². The van der Waals surface area contributed by atoms with Crippen LogP contribution in [0.15, 0.2) is 36.1 Å². The van der Waals surface area contributed by atoms with Crippen molar-refractivity contribution in [2.24, 2.45) is 0 Å². The first kappa shape index (κ1) is 14.7. The summed E-state index contributed by atoms with van der Waals surface area (Å²) in [6.07, 6.45) is -7.91. The van der Waals surface area contributed by atoms with Gasteiger partial charge < -0.3 is 25.5 Å². The van der Waals surface area contributed by atoms with Crippen molar-refractivity contribution in [1.29, 1.82) is 0 Å². The molecule has 0 fully saturated rings. The highest BCUT2D eigenvalue weighted by molar-refractivity contribution is 5.80. The monoisotopic (exact) mass is 283 g/mol. The van der Waals surface area contributed by atoms with Crippen molar-refractivity contribution < 1.29 is 31.7 Å². The van der Waals surface area contributed by atoms with Crippen LogP contribution in [0.5, 0.6) is 0 Å². The fraction of sp³-hybridized carbons (Fsp3) is 0.357. The Morgan fingerprint density at radius 2 is 1.60 bits per heavy atom. The lowest BCUT2D eigenvalue weighted by Gasteiger charge is -2.24. The molecule has 4 atom stereocenters. The summed E-state index contributed by atoms with van der Waals surface area (Å²) >= 11 is 0. The second kappa shape index (κ2) is 7.16. The number of ketones is 1. The van der Waals surface area contributed by atoms with Crippen molar-refractivity contribution >= 4 is 11.8 Å². The third-order valence-electron chi connectivity index (χ3n) is 2.74. The van der Waals surface area contributed by atoms with Crippen LogP contribution in [0, 0.1) is 0 Å². The quantitative estimate of drug-likeness (QED) is 0.454. The number of aliphatic hydroxyl groups excluding tert-OH is 5. The van der Waals surface area contributed by atoms with Gasteiger partial charge in [0.05, 0.1) is 1.37 Å². The van der Waals surface area contributed by atoms with Crippen molar-refractivity contribution in [3.05, 3.63) is 41.7 Å². The minimum Gasteiger partial charge on any atom is -0.509 e. The lowest BCUT2D eigenvalue weighted by Crippen LogP contribution is -2.47. The fourth-order valence-electron chi connectivity index (χ4n) is 1.52. The van der Waals surface area contributed by atoms with E-state index in [0.717, 1.165) is 6.92 Å². The van der Waals surface area contributed by atoms with Gasteiger partial charge in [0.1, 0.15) is 30.2 Å². The Hall–Kier alpha value is -1.73. The summed E-state index contributed by atoms with van der Waals surface area (Å²) in [4.78, 5) is 10.9. The molecule has 0 aliphatic carbocycles. The van der Waals surface area contributed by atoms with Crippen LogP contribution in [0.25, 0.3) is 6.05 Å². The maximum absolute atomic E-state index is 10.9. The van der Waals surface area contributed by atoms with Crippen molar-refractivity contribution in [1.82, 2.24) is 0 Å². The molecule has 0 heterocycles. The second-order valence-electron chi connectivity index (χ2n) is 4.36. The number of benzene rings is 1. The number of hydrogen-bond acceptors (Lipinski definition) is 6. The largest absolute Gasteiger partial charge is 0.509 e. The fourth-order valence-corrected chi connectivity index (χ4v) is 1.52. The highest BCUT2D eigenvalue weighted by Gasteiger charge is 2.34. The smallest absolute Gasteiger partial charge is 0.160 e. The van der Waals surface area contributed by atoms with E-state index >= 15 is 0 Å². The van der Waals surface area contributed by atoms with Crippen LogP contribution in [0.4, 0.5) is 0 Å². The maximum Gasteiger partial charge on any atom is 0.160 e. The molecule has 0 radical (unpaired) electrons. The van der Waals surface area contributed by atoms with Gasteiger partial charge in [0.15, 0.2) is 5.78 Å². The zero-order valence-electron chi connectivity index (χ0n) is 11.8. The molecule has 20 heavy (non-hydrogen) atoms. The maximum atomic E-state index is 10.9. The number of Topliss-reactive ketones (excluding diaryl/α,β-unsaturated/α-hetero) is 1. The first-order valence-corrected chi connectivity index (χ1v) is 5.95. The molecule has 0 aliphatic heterocycles. The van der Waals surface area contributed by atoms with Gasteiger partial charge in [-0.2, -0.15) is 0 Å². The van der Waals surface area contributed by atoms with Crippen LogP contribution in [-0.4, -0.2) is 55.7 Å². The van der Waals surface area contributed by atoms with Gasteiger partial charge in [0.25, 0.3) is 0 Å². The molecule has 0 unspecified atom stereocenters. The van der Waals surface area contributed by atoms with E-state index in [1.165, 1.54) is 12.1 Å². The zero-order chi connectivity index (χ0) is 16.2. The van der Waals surface area contributed by atoms with Gasteiger partial charge in [-0.15, -0.1) is 0 Å². The van der Waals surface area contributed by atoms with E-state index in [-0.39, 0.29) is 0 Å². The third-order valence-corrected chi connectivity index (χ3v) is 2.74. The molecule has 110 valence electrons. The van der Waals surface area contributed by atoms with E-state index in [0.29, 0.717) is 5.56 Å². The molecule has 0 aliphatic rings. The van der Waals surface area contributed by atoms with E-state index in [1.54, 1.807) is 18.2 Å². The Bertz CT molecular complexity index is 515. The standard InChI is InChI=1S/C14H18O6/c1-8(15)11(17)13(19)14(20)12(18)10(16)7-9-5-3-2-4-6-9/h2-7,11-14,16-20H,1H3/t11-,12+,13+,14-/m0/s1/i7D. The molecule has 1 rings (SSSR count). The van der Waals surface area contributed by atoms with E-state index in [9.17, 15) is 30.3 Å². The molecule has 0 spiro atoms. The Balaban J connectivity index is 2.96. The van der Waals surface area contributed by atoms with Gasteiger partial charge in [-0.3, -0.25) is 4.79 Å². The topological polar surface area (TPSA) is 118 Å². The molecular weight excluding hydrogens is 264 g/mol. The van der Waals surface area contributed by atoms with Gasteiger partial charge in [-0.25, -0.2) is 0 Å². The normalized spacial score (nSPS) is 19.4. The Morgan fingerprint density at radius 3 is 2.10 bits per heavy atom. The van der Waals surface area contributed by atoms with E-state index in [1.807, 2.05) is 0 Å². The molecular formula is C14H18O6. The summed E-state index contributed by atoms with van der Waals surface area (Å²) in [7, 11) is 0. The van der Waals surface area contributed by atoms with Crippen molar-refractivity contribution in [2.45, 2.75) is 31.3 Å². The van der Waals surface area contributed by atoms with Gasteiger partial charge in [-0.05, 0) is 18.5 Å². The molecule has 0 amide bonds. The predicted molar refractivity (Wildman–Crippen MR) is 71.8 cm³/mol. The van der Waals surface area contributed by atoms with Gasteiger partial charge >= 0.3 is 0 Å². The van der Waals surface area contributed by atoms with E-state index in [4.69, 9.17) is 1.37 Å². The summed E-state index contributed by atoms with van der Waals surface area (Å²) in [5, 5.41) is 48.1. The first-order valence-electron chi connectivity index (χ1n) is 6.45. The van der Waals surface area contributed by atoms with Crippen LogP contribution in [0.2, 0.25) is 0 Å². The van der Waals surface area contributed by atoms with Gasteiger partial charge in [0.2, 0.25) is 0 Å². The molecule has 0 bridgehead atoms. The highest BCUT2D eigenvalue weighted by atomic mass is 16.4. The van der Waals surface area contributed by atoms with Crippen LogP contribution in [-0.2, 0) is 4.79 Å². The molecule has 1 aromatic rings. The predicted octanol–water partition coefficient (Wildman–Crippen LogP) is -0.382. The molecule has 0 aromatic heterocycles. The molecule has 0 saturated carbocycles. The molecule has 1 aromatic carbocycles. The number of carbonyl (C=O) groups excluding carboxylic acids is 1. The Kier molecular flexibility index (Phi) is 5.25. The van der Waals surface area contributed by atoms with Crippen molar-refractivity contribution in [2.75, 3.05) is 0 Å². The Labute approximate surface area is 117 Å². The Morgan fingerprint density at radius 1 is 1.10 bits per heavy atom. The van der Waals surface area contributed by atoms with Crippen LogP contribution < -0.4 is 0 Å². The van der Waals surface area contributed by atoms with Crippen molar-refractivity contribution in [3.8, 4) is 0 Å². The first-order chi connectivity index (χ1) is 9.77. The summed E-state index contributed by atoms with van der Waals surface area (Å²) in [6, 6.07) is 7.53. The highest BCUT2D eigenvalue weighted by Crippen LogP contribution is 2.14. The number of hydrogen-bond donors (Lipinski definition) is 5. The molecule has 0 saturated heterocycles. The minimum atomic E-state index is -2.02. The summed E-state index contributed by atoms with van der Waals surface area (Å²) in [5.41, 5.74) is 0.294. The zero-order valence-corrected chi connectivity index (χ0v) is 10.8. The van der Waals surface area contributed by atoms with Crippen LogP contribution in [0.1, 0.15) is 13.9 Å². The number of rotatable bonds is 6. The lowest BCUT2D eigenvalue weighted by molar-refractivity contribution is -0.142. The summed E-state index contributed by atoms with van der Waals surface area (Å²) in [6.45, 7) is 1.00. The lowest BCUT2D eigenvalue weighted by atomic mass is 9.99. The second-order valence-corrected chi connectivity index (χ2v) is 4.36. The number of aliphatic hydroxyl groups is 5. The average Bonchev–Trinajstić information content (AvgIpc) is 2.51. The average molecular weight is 283 g/mol. The van der Waals surface area contributed by atoms with Crippen LogP contribution >= 0.6 is 0 Å². The van der Waals surface area contributed by atoms with Gasteiger partial charge in [-0.1, -0.05) is 30.3 Å². The third kappa shape index (κ3) is 4.14. The molecule has 6 heteroatoms. The molecule has 6 nitrogen and oxygen atoms in total. The summed E-state index contributed by atoms with van der Waals surface area (Å²) < 4.78 is 7.72. The SMILES string of the molecule is [2H]C(=C(O)[C@@H](O)[C@H](O)[C@H](O)[C@@H](O)C(C)=O)c1ccccc1. The van der Waals surface area contributed by atoms with E-state index < -0.39 is 42.0 Å². The van der Waals surface area contributed by atoms with Crippen molar-refractivity contribution in [3.63, 3.8) is 0 Å². The summed E-state index contributed by atoms with van der Waals surface area (Å²) in [5.74, 6) is -1.67. The molecule has 5 N–H and O–H groups in total.